The molecule has 0 saturated carbocycles. The van der Waals surface area contributed by atoms with E-state index in [4.69, 9.17) is 4.52 Å². The molecule has 1 aliphatic heterocycles. The smallest absolute Gasteiger partial charge is 0.257 e. The van der Waals surface area contributed by atoms with Crippen LogP contribution in [-0.4, -0.2) is 52.0 Å². The van der Waals surface area contributed by atoms with Gasteiger partial charge in [-0.3, -0.25) is 9.69 Å². The van der Waals surface area contributed by atoms with Gasteiger partial charge in [0.15, 0.2) is 5.82 Å². The summed E-state index contributed by atoms with van der Waals surface area (Å²) >= 11 is 0. The first kappa shape index (κ1) is 16.7. The topological polar surface area (TPSA) is 62.5 Å². The van der Waals surface area contributed by atoms with Crippen molar-refractivity contribution in [3.8, 4) is 11.5 Å². The molecule has 1 amide bonds. The number of carbonyl (C=O) groups is 1. The number of fused-ring (bicyclic) bond motifs is 1. The van der Waals surface area contributed by atoms with E-state index in [2.05, 4.69) is 39.3 Å². The summed E-state index contributed by atoms with van der Waals surface area (Å²) in [6, 6.07) is 14.4. The average Bonchev–Trinajstić information content (AvgIpc) is 3.16. The van der Waals surface area contributed by atoms with Gasteiger partial charge < -0.3 is 9.42 Å². The highest BCUT2D eigenvalue weighted by atomic mass is 16.5. The fraction of sp³-hybridized carbons (Fsp3) is 0.350. The summed E-state index contributed by atoms with van der Waals surface area (Å²) in [7, 11) is 0. The van der Waals surface area contributed by atoms with Crippen molar-refractivity contribution in [1.29, 1.82) is 0 Å². The molecule has 26 heavy (non-hydrogen) atoms. The molecule has 4 rings (SSSR count). The molecular formula is C20H22N4O2. The van der Waals surface area contributed by atoms with E-state index in [1.165, 1.54) is 5.39 Å². The van der Waals surface area contributed by atoms with Crippen molar-refractivity contribution in [2.75, 3.05) is 26.2 Å². The summed E-state index contributed by atoms with van der Waals surface area (Å²) in [6.07, 6.45) is 0.569. The molecule has 1 fully saturated rings. The number of rotatable bonds is 4. The van der Waals surface area contributed by atoms with Crippen LogP contribution in [0.25, 0.3) is 22.2 Å². The maximum atomic E-state index is 11.8. The van der Waals surface area contributed by atoms with E-state index in [0.29, 0.717) is 24.7 Å². The standard InChI is InChI=1S/C20H22N4O2/c1-2-19(25)24-11-9-23(10-12-24)14-18-21-20(26-22-18)17-8-7-15-5-3-4-6-16(15)13-17/h3-8,13H,2,9-12,14H2,1H3. The first-order valence-corrected chi connectivity index (χ1v) is 9.05. The van der Waals surface area contributed by atoms with Gasteiger partial charge in [0.1, 0.15) is 0 Å². The minimum absolute atomic E-state index is 0.225. The molecule has 0 radical (unpaired) electrons. The lowest BCUT2D eigenvalue weighted by atomic mass is 10.1. The number of nitrogens with zero attached hydrogens (tertiary/aromatic N) is 4. The zero-order valence-corrected chi connectivity index (χ0v) is 14.9. The Morgan fingerprint density at radius 2 is 1.85 bits per heavy atom. The van der Waals surface area contributed by atoms with Crippen molar-refractivity contribution < 1.29 is 9.32 Å². The number of hydrogen-bond donors (Lipinski definition) is 0. The van der Waals surface area contributed by atoms with E-state index >= 15 is 0 Å². The monoisotopic (exact) mass is 350 g/mol. The van der Waals surface area contributed by atoms with Gasteiger partial charge in [-0.15, -0.1) is 0 Å². The van der Waals surface area contributed by atoms with Crippen molar-refractivity contribution >= 4 is 16.7 Å². The Labute approximate surface area is 152 Å². The summed E-state index contributed by atoms with van der Waals surface area (Å²) in [5.41, 5.74) is 0.931. The molecule has 1 aromatic heterocycles. The zero-order valence-electron chi connectivity index (χ0n) is 14.9. The van der Waals surface area contributed by atoms with Gasteiger partial charge in [-0.1, -0.05) is 42.4 Å². The lowest BCUT2D eigenvalue weighted by Crippen LogP contribution is -2.48. The Morgan fingerprint density at radius 3 is 2.62 bits per heavy atom. The van der Waals surface area contributed by atoms with Crippen molar-refractivity contribution in [2.45, 2.75) is 19.9 Å². The van der Waals surface area contributed by atoms with Crippen molar-refractivity contribution in [3.05, 3.63) is 48.3 Å². The molecule has 3 aromatic rings. The predicted molar refractivity (Wildman–Crippen MR) is 99.4 cm³/mol. The van der Waals surface area contributed by atoms with Gasteiger partial charge in [0.2, 0.25) is 5.91 Å². The first-order valence-electron chi connectivity index (χ1n) is 9.05. The fourth-order valence-electron chi connectivity index (χ4n) is 3.34. The molecule has 134 valence electrons. The largest absolute Gasteiger partial charge is 0.340 e. The Morgan fingerprint density at radius 1 is 1.08 bits per heavy atom. The third-order valence-corrected chi connectivity index (χ3v) is 4.86. The van der Waals surface area contributed by atoms with E-state index in [9.17, 15) is 4.79 Å². The molecule has 0 unspecified atom stereocenters. The lowest BCUT2D eigenvalue weighted by Gasteiger charge is -2.33. The van der Waals surface area contributed by atoms with E-state index in [0.717, 1.165) is 37.1 Å². The van der Waals surface area contributed by atoms with Crippen LogP contribution in [0, 0.1) is 0 Å². The van der Waals surface area contributed by atoms with Crippen LogP contribution in [0.4, 0.5) is 0 Å². The molecule has 0 bridgehead atoms. The third kappa shape index (κ3) is 3.46. The second-order valence-corrected chi connectivity index (χ2v) is 6.59. The normalized spacial score (nSPS) is 15.5. The summed E-state index contributed by atoms with van der Waals surface area (Å²) < 4.78 is 5.47. The summed E-state index contributed by atoms with van der Waals surface area (Å²) in [4.78, 5) is 20.5. The number of amides is 1. The molecule has 6 nitrogen and oxygen atoms in total. The average molecular weight is 350 g/mol. The molecule has 2 aromatic carbocycles. The minimum Gasteiger partial charge on any atom is -0.340 e. The molecule has 6 heteroatoms. The fourth-order valence-corrected chi connectivity index (χ4v) is 3.34. The predicted octanol–water partition coefficient (Wildman–Crippen LogP) is 2.94. The highest BCUT2D eigenvalue weighted by Crippen LogP contribution is 2.23. The highest BCUT2D eigenvalue weighted by Gasteiger charge is 2.21. The van der Waals surface area contributed by atoms with Crippen molar-refractivity contribution in [1.82, 2.24) is 19.9 Å². The summed E-state index contributed by atoms with van der Waals surface area (Å²) in [6.45, 7) is 5.76. The van der Waals surface area contributed by atoms with E-state index in [1.807, 2.05) is 30.0 Å². The number of piperazine rings is 1. The Hall–Kier alpha value is -2.73. The maximum Gasteiger partial charge on any atom is 0.257 e. The lowest BCUT2D eigenvalue weighted by molar-refractivity contribution is -0.132. The Bertz CT molecular complexity index is 913. The van der Waals surface area contributed by atoms with E-state index < -0.39 is 0 Å². The second-order valence-electron chi connectivity index (χ2n) is 6.59. The van der Waals surface area contributed by atoms with E-state index in [-0.39, 0.29) is 5.91 Å². The van der Waals surface area contributed by atoms with Crippen LogP contribution in [0.1, 0.15) is 19.2 Å². The molecule has 1 saturated heterocycles. The van der Waals surface area contributed by atoms with Crippen LogP contribution < -0.4 is 0 Å². The van der Waals surface area contributed by atoms with Crippen molar-refractivity contribution in [2.24, 2.45) is 0 Å². The molecule has 0 N–H and O–H groups in total. The molecular weight excluding hydrogens is 328 g/mol. The quantitative estimate of drug-likeness (QED) is 0.724. The number of benzene rings is 2. The van der Waals surface area contributed by atoms with Gasteiger partial charge in [-0.2, -0.15) is 4.98 Å². The van der Waals surface area contributed by atoms with Crippen LogP contribution in [0.5, 0.6) is 0 Å². The Balaban J connectivity index is 1.42. The van der Waals surface area contributed by atoms with Crippen LogP contribution in [0.2, 0.25) is 0 Å². The maximum absolute atomic E-state index is 11.8. The summed E-state index contributed by atoms with van der Waals surface area (Å²) in [5, 5.41) is 6.47. The highest BCUT2D eigenvalue weighted by molar-refractivity contribution is 5.86. The van der Waals surface area contributed by atoms with Gasteiger partial charge in [-0.25, -0.2) is 0 Å². The van der Waals surface area contributed by atoms with Crippen LogP contribution in [-0.2, 0) is 11.3 Å². The van der Waals surface area contributed by atoms with Gasteiger partial charge in [0.25, 0.3) is 5.89 Å². The zero-order chi connectivity index (χ0) is 17.9. The van der Waals surface area contributed by atoms with Gasteiger partial charge in [0, 0.05) is 38.2 Å². The van der Waals surface area contributed by atoms with Crippen LogP contribution >= 0.6 is 0 Å². The van der Waals surface area contributed by atoms with Gasteiger partial charge >= 0.3 is 0 Å². The van der Waals surface area contributed by atoms with E-state index in [1.54, 1.807) is 0 Å². The molecule has 2 heterocycles. The number of carbonyl (C=O) groups excluding carboxylic acids is 1. The number of aromatic nitrogens is 2. The molecule has 1 aliphatic rings. The SMILES string of the molecule is CCC(=O)N1CCN(Cc2noc(-c3ccc4ccccc4c3)n2)CC1. The van der Waals surface area contributed by atoms with Crippen LogP contribution in [0.15, 0.2) is 47.0 Å². The molecule has 0 atom stereocenters. The molecule has 0 aliphatic carbocycles. The second kappa shape index (κ2) is 7.25. The first-order chi connectivity index (χ1) is 12.7. The third-order valence-electron chi connectivity index (χ3n) is 4.86. The van der Waals surface area contributed by atoms with Crippen molar-refractivity contribution in [3.63, 3.8) is 0 Å². The Kier molecular flexibility index (Phi) is 4.67. The minimum atomic E-state index is 0.225. The van der Waals surface area contributed by atoms with Gasteiger partial charge in [-0.05, 0) is 22.9 Å². The van der Waals surface area contributed by atoms with Crippen LogP contribution in [0.3, 0.4) is 0 Å². The molecule has 0 spiro atoms. The summed E-state index contributed by atoms with van der Waals surface area (Å²) in [5.74, 6) is 1.46. The van der Waals surface area contributed by atoms with Gasteiger partial charge in [0.05, 0.1) is 6.54 Å². The number of hydrogen-bond acceptors (Lipinski definition) is 5.